The van der Waals surface area contributed by atoms with Gasteiger partial charge in [0.05, 0.1) is 33.0 Å². The van der Waals surface area contributed by atoms with Gasteiger partial charge in [0, 0.05) is 6.61 Å². The smallest absolute Gasteiger partial charge is 0.120 e. The van der Waals surface area contributed by atoms with Crippen LogP contribution in [0.1, 0.15) is 70.3 Å². The van der Waals surface area contributed by atoms with Crippen LogP contribution in [0.3, 0.4) is 0 Å². The molecule has 0 spiro atoms. The summed E-state index contributed by atoms with van der Waals surface area (Å²) in [7, 11) is 0. The molecule has 0 saturated carbocycles. The molecule has 0 fully saturated rings. The van der Waals surface area contributed by atoms with E-state index in [4.69, 9.17) is 23.7 Å². The highest BCUT2D eigenvalue weighted by atomic mass is 16.6. The van der Waals surface area contributed by atoms with Gasteiger partial charge < -0.3 is 23.7 Å². The molecule has 0 bridgehead atoms. The monoisotopic (exact) mass is 486 g/mol. The fourth-order valence-corrected chi connectivity index (χ4v) is 3.65. The molecule has 2 rings (SSSR count). The molecule has 5 nitrogen and oxygen atoms in total. The molecule has 0 aliphatic carbocycles. The first kappa shape index (κ1) is 29.2. The van der Waals surface area contributed by atoms with Gasteiger partial charge in [-0.3, -0.25) is 0 Å². The first-order chi connectivity index (χ1) is 17.4. The van der Waals surface area contributed by atoms with Crippen LogP contribution in [0.4, 0.5) is 0 Å². The van der Waals surface area contributed by atoms with Crippen LogP contribution in [0.25, 0.3) is 0 Å². The highest BCUT2D eigenvalue weighted by Gasteiger charge is 1.99. The van der Waals surface area contributed by atoms with Gasteiger partial charge in [-0.15, -0.1) is 0 Å². The zero-order valence-corrected chi connectivity index (χ0v) is 21.8. The van der Waals surface area contributed by atoms with E-state index in [2.05, 4.69) is 19.1 Å². The van der Waals surface area contributed by atoms with Crippen LogP contribution in [0.15, 0.2) is 54.6 Å². The predicted molar refractivity (Wildman–Crippen MR) is 142 cm³/mol. The summed E-state index contributed by atoms with van der Waals surface area (Å²) in [6.07, 6.45) is 12.0. The molecule has 0 heterocycles. The molecule has 0 radical (unpaired) electrons. The van der Waals surface area contributed by atoms with E-state index in [1.807, 2.05) is 42.5 Å². The molecule has 0 aliphatic heterocycles. The van der Waals surface area contributed by atoms with Crippen LogP contribution < -0.4 is 9.47 Å². The van der Waals surface area contributed by atoms with Crippen LogP contribution in [0.2, 0.25) is 0 Å². The molecular formula is C30H46O5. The second kappa shape index (κ2) is 21.2. The maximum absolute atomic E-state index is 5.79. The Morgan fingerprint density at radius 3 is 1.54 bits per heavy atom. The molecule has 2 aromatic carbocycles. The molecule has 0 unspecified atom stereocenters. The summed E-state index contributed by atoms with van der Waals surface area (Å²) in [5, 5.41) is 0. The summed E-state index contributed by atoms with van der Waals surface area (Å²) in [6.45, 7) is 7.12. The normalized spacial score (nSPS) is 11.0. The largest absolute Gasteiger partial charge is 0.491 e. The molecule has 0 atom stereocenters. The quantitative estimate of drug-likeness (QED) is 0.155. The van der Waals surface area contributed by atoms with Gasteiger partial charge in [-0.05, 0) is 36.2 Å². The third-order valence-corrected chi connectivity index (χ3v) is 5.70. The van der Waals surface area contributed by atoms with E-state index in [1.165, 1.54) is 51.4 Å². The van der Waals surface area contributed by atoms with E-state index in [0.717, 1.165) is 30.1 Å². The molecular weight excluding hydrogens is 440 g/mol. The average Bonchev–Trinajstić information content (AvgIpc) is 2.90. The fraction of sp³-hybridized carbons (Fsp3) is 0.600. The molecule has 5 heteroatoms. The van der Waals surface area contributed by atoms with Crippen LogP contribution in [-0.2, 0) is 20.8 Å². The van der Waals surface area contributed by atoms with Crippen molar-refractivity contribution in [2.24, 2.45) is 0 Å². The lowest BCUT2D eigenvalue weighted by Crippen LogP contribution is -2.13. The Balaban J connectivity index is 1.31. The summed E-state index contributed by atoms with van der Waals surface area (Å²) >= 11 is 0. The first-order valence-corrected chi connectivity index (χ1v) is 13.5. The summed E-state index contributed by atoms with van der Waals surface area (Å²) in [4.78, 5) is 0. The van der Waals surface area contributed by atoms with Gasteiger partial charge in [0.15, 0.2) is 0 Å². The van der Waals surface area contributed by atoms with E-state index in [1.54, 1.807) is 0 Å². The number of benzene rings is 2. The lowest BCUT2D eigenvalue weighted by molar-refractivity contribution is 0.00878. The Labute approximate surface area is 213 Å². The number of ether oxygens (including phenoxy) is 5. The van der Waals surface area contributed by atoms with Crippen LogP contribution >= 0.6 is 0 Å². The van der Waals surface area contributed by atoms with Gasteiger partial charge in [-0.1, -0.05) is 88.6 Å². The molecule has 35 heavy (non-hydrogen) atoms. The minimum Gasteiger partial charge on any atom is -0.491 e. The van der Waals surface area contributed by atoms with Crippen molar-refractivity contribution in [2.45, 2.75) is 71.3 Å². The van der Waals surface area contributed by atoms with Crippen LogP contribution in [-0.4, -0.2) is 46.2 Å². The Morgan fingerprint density at radius 2 is 0.943 bits per heavy atom. The predicted octanol–water partition coefficient (Wildman–Crippen LogP) is 7.23. The molecule has 0 aliphatic rings. The van der Waals surface area contributed by atoms with E-state index >= 15 is 0 Å². The second-order valence-electron chi connectivity index (χ2n) is 8.76. The van der Waals surface area contributed by atoms with Gasteiger partial charge in [-0.25, -0.2) is 0 Å². The van der Waals surface area contributed by atoms with E-state index in [9.17, 15) is 0 Å². The van der Waals surface area contributed by atoms with Crippen molar-refractivity contribution >= 4 is 0 Å². The molecule has 0 N–H and O–H groups in total. The third-order valence-electron chi connectivity index (χ3n) is 5.70. The van der Waals surface area contributed by atoms with Crippen LogP contribution in [0, 0.1) is 0 Å². The molecule has 0 saturated heterocycles. The zero-order valence-electron chi connectivity index (χ0n) is 21.8. The SMILES string of the molecule is CCCCCCCCCCCOCCOCCOCCOc1ccc(OCc2ccccc2)cc1. The van der Waals surface area contributed by atoms with Gasteiger partial charge in [0.25, 0.3) is 0 Å². The van der Waals surface area contributed by atoms with Gasteiger partial charge >= 0.3 is 0 Å². The van der Waals surface area contributed by atoms with Crippen molar-refractivity contribution < 1.29 is 23.7 Å². The Bertz CT molecular complexity index is 704. The van der Waals surface area contributed by atoms with Crippen molar-refractivity contribution in [3.8, 4) is 11.5 Å². The topological polar surface area (TPSA) is 46.2 Å². The summed E-state index contributed by atoms with van der Waals surface area (Å²) in [5.74, 6) is 1.63. The summed E-state index contributed by atoms with van der Waals surface area (Å²) in [6, 6.07) is 17.8. The Kier molecular flexibility index (Phi) is 17.7. The number of hydrogen-bond donors (Lipinski definition) is 0. The van der Waals surface area contributed by atoms with Crippen molar-refractivity contribution in [1.29, 1.82) is 0 Å². The van der Waals surface area contributed by atoms with E-state index < -0.39 is 0 Å². The molecule has 0 amide bonds. The van der Waals surface area contributed by atoms with Gasteiger partial charge in [0.1, 0.15) is 24.7 Å². The highest BCUT2D eigenvalue weighted by Crippen LogP contribution is 2.18. The number of unbranched alkanes of at least 4 members (excludes halogenated alkanes) is 8. The molecule has 0 aromatic heterocycles. The minimum atomic E-state index is 0.506. The second-order valence-corrected chi connectivity index (χ2v) is 8.76. The maximum Gasteiger partial charge on any atom is 0.120 e. The average molecular weight is 487 g/mol. The van der Waals surface area contributed by atoms with E-state index in [-0.39, 0.29) is 0 Å². The van der Waals surface area contributed by atoms with Crippen molar-refractivity contribution in [3.63, 3.8) is 0 Å². The zero-order chi connectivity index (χ0) is 24.7. The lowest BCUT2D eigenvalue weighted by Gasteiger charge is -2.10. The lowest BCUT2D eigenvalue weighted by atomic mass is 10.1. The van der Waals surface area contributed by atoms with Crippen molar-refractivity contribution in [1.82, 2.24) is 0 Å². The fourth-order valence-electron chi connectivity index (χ4n) is 3.65. The van der Waals surface area contributed by atoms with Crippen LogP contribution in [0.5, 0.6) is 11.5 Å². The van der Waals surface area contributed by atoms with Gasteiger partial charge in [-0.2, -0.15) is 0 Å². The molecule has 196 valence electrons. The first-order valence-electron chi connectivity index (χ1n) is 13.5. The Hall–Kier alpha value is -2.08. The maximum atomic E-state index is 5.79. The standard InChI is InChI=1S/C30H46O5/c1-2-3-4-5-6-7-8-9-13-20-31-21-22-32-23-24-33-25-26-34-29-16-18-30(19-17-29)35-27-28-14-11-10-12-15-28/h10-12,14-19H,2-9,13,20-27H2,1H3. The number of hydrogen-bond acceptors (Lipinski definition) is 5. The minimum absolute atomic E-state index is 0.506. The van der Waals surface area contributed by atoms with E-state index in [0.29, 0.717) is 46.2 Å². The molecule has 2 aromatic rings. The van der Waals surface area contributed by atoms with Crippen molar-refractivity contribution in [3.05, 3.63) is 60.2 Å². The third kappa shape index (κ3) is 16.3. The summed E-state index contributed by atoms with van der Waals surface area (Å²) < 4.78 is 28.3. The summed E-state index contributed by atoms with van der Waals surface area (Å²) in [5.41, 5.74) is 1.15. The highest BCUT2D eigenvalue weighted by molar-refractivity contribution is 5.31. The Morgan fingerprint density at radius 1 is 0.457 bits per heavy atom. The van der Waals surface area contributed by atoms with Crippen molar-refractivity contribution in [2.75, 3.05) is 46.2 Å². The number of rotatable bonds is 23. The van der Waals surface area contributed by atoms with Gasteiger partial charge in [0.2, 0.25) is 0 Å².